The van der Waals surface area contributed by atoms with Crippen molar-refractivity contribution >= 4 is 23.4 Å². The number of ether oxygens (including phenoxy) is 4. The number of Topliss-reactive ketones (excluding diaryl/α,β-unsaturated/α-hetero) is 1. The average Bonchev–Trinajstić information content (AvgIpc) is 3.02. The molecule has 7 atom stereocenters. The van der Waals surface area contributed by atoms with E-state index in [-0.39, 0.29) is 64.9 Å². The Bertz CT molecular complexity index is 1620. The Morgan fingerprint density at radius 2 is 1.85 bits per heavy atom. The summed E-state index contributed by atoms with van der Waals surface area (Å²) >= 11 is 0. The Hall–Kier alpha value is -3.90. The Kier molecular flexibility index (Phi) is 9.35. The van der Waals surface area contributed by atoms with Crippen molar-refractivity contribution in [2.24, 2.45) is 0 Å². The summed E-state index contributed by atoms with van der Waals surface area (Å²) in [7, 11) is 1.43. The fourth-order valence-corrected chi connectivity index (χ4v) is 7.10. The predicted octanol–water partition coefficient (Wildman–Crippen LogP) is 4.27. The molecule has 0 aromatic heterocycles. The zero-order valence-corrected chi connectivity index (χ0v) is 26.8. The Balaban J connectivity index is 1.26. The lowest BCUT2D eigenvalue weighted by molar-refractivity contribution is -0.248. The number of methoxy groups -OCH3 is 1. The highest BCUT2D eigenvalue weighted by molar-refractivity contribution is 6.29. The molecule has 3 N–H and O–H groups in total. The quantitative estimate of drug-likeness (QED) is 0.330. The summed E-state index contributed by atoms with van der Waals surface area (Å²) < 4.78 is 23.4. The minimum Gasteiger partial charge on any atom is -0.496 e. The predicted molar refractivity (Wildman–Crippen MR) is 168 cm³/mol. The first-order chi connectivity index (χ1) is 22.5. The molecule has 4 aliphatic rings. The number of ketones is 3. The molecular formula is C36H41NO10. The third kappa shape index (κ3) is 6.49. The maximum Gasteiger partial charge on any atom is 0.408 e. The molecule has 3 aliphatic carbocycles. The molecule has 1 heterocycles. The second kappa shape index (κ2) is 13.3. The van der Waals surface area contributed by atoms with E-state index in [2.05, 4.69) is 5.32 Å². The van der Waals surface area contributed by atoms with Crippen molar-refractivity contribution in [1.82, 2.24) is 5.32 Å². The van der Waals surface area contributed by atoms with Crippen LogP contribution in [0.2, 0.25) is 0 Å². The number of carbonyl (C=O) groups is 4. The van der Waals surface area contributed by atoms with Gasteiger partial charge in [-0.2, -0.15) is 0 Å². The number of fused-ring (bicyclic) bond motifs is 3. The standard InChI is InChI=1S/C36H41NO10/c1-19-32(39)27(37-35(42)46-22-10-7-5-4-6-8-11-22)16-30(45-19)47-29-18-36(43,20(2)38)17-21-14-25-26(15-24(21)29)34(41)31-23(33(25)40)12-9-13-28(31)44-3/h7,9-10,12-15,19,22,27,29-30,32,39,43H,4-6,8,11,16-18H2,1-3H3,(H,37,42)/b10-7+/t19-,22?,27+,29-,30-,32+,36-/m0/s1. The Labute approximate surface area is 273 Å². The largest absolute Gasteiger partial charge is 0.496 e. The van der Waals surface area contributed by atoms with Crippen molar-refractivity contribution in [3.8, 4) is 5.75 Å². The summed E-state index contributed by atoms with van der Waals surface area (Å²) in [5.74, 6) is -0.923. The topological polar surface area (TPSA) is 158 Å². The molecule has 2 aromatic rings. The number of amides is 1. The molecule has 0 saturated carbocycles. The average molecular weight is 648 g/mol. The number of allylic oxidation sites excluding steroid dienone is 1. The summed E-state index contributed by atoms with van der Waals surface area (Å²) in [6, 6.07) is 7.23. The highest BCUT2D eigenvalue weighted by Gasteiger charge is 2.46. The van der Waals surface area contributed by atoms with E-state index in [0.29, 0.717) is 11.1 Å². The number of rotatable bonds is 6. The van der Waals surface area contributed by atoms with Gasteiger partial charge in [0.2, 0.25) is 0 Å². The molecule has 11 heteroatoms. The number of hydrogen-bond donors (Lipinski definition) is 3. The zero-order chi connectivity index (χ0) is 33.5. The number of nitrogens with one attached hydrogen (secondary N) is 1. The van der Waals surface area contributed by atoms with E-state index in [1.165, 1.54) is 14.0 Å². The summed E-state index contributed by atoms with van der Waals surface area (Å²) in [5, 5.41) is 25.1. The van der Waals surface area contributed by atoms with Crippen LogP contribution >= 0.6 is 0 Å². The minimum atomic E-state index is -1.79. The molecule has 1 amide bonds. The van der Waals surface area contributed by atoms with Crippen molar-refractivity contribution in [2.45, 2.75) is 108 Å². The fourth-order valence-electron chi connectivity index (χ4n) is 7.10. The molecule has 250 valence electrons. The van der Waals surface area contributed by atoms with Crippen LogP contribution in [-0.2, 0) is 25.4 Å². The monoisotopic (exact) mass is 647 g/mol. The van der Waals surface area contributed by atoms with Gasteiger partial charge in [-0.1, -0.05) is 24.6 Å². The van der Waals surface area contributed by atoms with Crippen LogP contribution in [0.1, 0.15) is 108 Å². The summed E-state index contributed by atoms with van der Waals surface area (Å²) in [6.45, 7) is 2.95. The van der Waals surface area contributed by atoms with Gasteiger partial charge >= 0.3 is 6.09 Å². The highest BCUT2D eigenvalue weighted by Crippen LogP contribution is 2.44. The Morgan fingerprint density at radius 1 is 1.06 bits per heavy atom. The number of aliphatic hydroxyl groups is 2. The first-order valence-corrected chi connectivity index (χ1v) is 16.3. The second-order valence-corrected chi connectivity index (χ2v) is 13.0. The van der Waals surface area contributed by atoms with Crippen LogP contribution in [-0.4, -0.2) is 77.0 Å². The van der Waals surface area contributed by atoms with Crippen LogP contribution in [0, 0.1) is 0 Å². The van der Waals surface area contributed by atoms with Gasteiger partial charge < -0.3 is 34.5 Å². The molecule has 1 saturated heterocycles. The van der Waals surface area contributed by atoms with Crippen molar-refractivity contribution in [3.05, 3.63) is 75.9 Å². The van der Waals surface area contributed by atoms with Gasteiger partial charge in [0.05, 0.1) is 30.9 Å². The summed E-state index contributed by atoms with van der Waals surface area (Å²) in [4.78, 5) is 52.9. The third-order valence-electron chi connectivity index (χ3n) is 9.79. The van der Waals surface area contributed by atoms with E-state index in [4.69, 9.17) is 18.9 Å². The molecule has 1 unspecified atom stereocenters. The SMILES string of the molecule is COc1cccc2c1C(=O)c1cc3c(cc1C2=O)C[C@@](O)(C(C)=O)C[C@@H]3O[C@H]1C[C@@H](NC(=O)OC2/C=C/CCCCC2)[C@H](O)[C@H](C)O1. The maximum absolute atomic E-state index is 13.8. The first kappa shape index (κ1) is 33.0. The van der Waals surface area contributed by atoms with Crippen LogP contribution in [0.15, 0.2) is 42.5 Å². The third-order valence-corrected chi connectivity index (χ3v) is 9.79. The van der Waals surface area contributed by atoms with Gasteiger partial charge in [0.25, 0.3) is 0 Å². The summed E-state index contributed by atoms with van der Waals surface area (Å²) in [5.41, 5.74) is -0.00871. The smallest absolute Gasteiger partial charge is 0.408 e. The zero-order valence-electron chi connectivity index (χ0n) is 26.8. The van der Waals surface area contributed by atoms with Crippen molar-refractivity contribution in [1.29, 1.82) is 0 Å². The van der Waals surface area contributed by atoms with Gasteiger partial charge in [0, 0.05) is 36.0 Å². The lowest BCUT2D eigenvalue weighted by Crippen LogP contribution is -2.56. The van der Waals surface area contributed by atoms with Crippen molar-refractivity contribution < 1.29 is 48.3 Å². The minimum absolute atomic E-state index is 0.0539. The van der Waals surface area contributed by atoms with Crippen LogP contribution in [0.5, 0.6) is 5.75 Å². The number of alkyl carbamates (subject to hydrolysis) is 1. The second-order valence-electron chi connectivity index (χ2n) is 13.0. The lowest BCUT2D eigenvalue weighted by Gasteiger charge is -2.42. The molecule has 2 aromatic carbocycles. The number of carbonyl (C=O) groups excluding carboxylic acids is 4. The number of benzene rings is 2. The van der Waals surface area contributed by atoms with Gasteiger partial charge in [-0.05, 0) is 74.9 Å². The maximum atomic E-state index is 13.8. The fraction of sp³-hybridized carbons (Fsp3) is 0.500. The molecule has 0 bridgehead atoms. The van der Waals surface area contributed by atoms with Crippen LogP contribution in [0.4, 0.5) is 4.79 Å². The van der Waals surface area contributed by atoms with Gasteiger partial charge in [-0.15, -0.1) is 0 Å². The van der Waals surface area contributed by atoms with E-state index in [0.717, 1.165) is 32.1 Å². The van der Waals surface area contributed by atoms with Crippen molar-refractivity contribution in [3.63, 3.8) is 0 Å². The molecule has 1 fully saturated rings. The molecule has 0 radical (unpaired) electrons. The summed E-state index contributed by atoms with van der Waals surface area (Å²) in [6.07, 6.45) is 3.91. The number of hydrogen-bond acceptors (Lipinski definition) is 10. The molecule has 0 spiro atoms. The molecule has 47 heavy (non-hydrogen) atoms. The van der Waals surface area contributed by atoms with E-state index in [1.54, 1.807) is 37.3 Å². The Morgan fingerprint density at radius 3 is 2.62 bits per heavy atom. The molecular weight excluding hydrogens is 606 g/mol. The van der Waals surface area contributed by atoms with Crippen molar-refractivity contribution in [2.75, 3.05) is 7.11 Å². The first-order valence-electron chi connectivity index (χ1n) is 16.3. The molecule has 6 rings (SSSR count). The van der Waals surface area contributed by atoms with E-state index in [9.17, 15) is 29.4 Å². The molecule has 11 nitrogen and oxygen atoms in total. The van der Waals surface area contributed by atoms with Gasteiger partial charge in [-0.3, -0.25) is 14.4 Å². The van der Waals surface area contributed by atoms with Crippen LogP contribution in [0.3, 0.4) is 0 Å². The van der Waals surface area contributed by atoms with Gasteiger partial charge in [0.15, 0.2) is 23.6 Å². The van der Waals surface area contributed by atoms with Crippen LogP contribution < -0.4 is 10.1 Å². The van der Waals surface area contributed by atoms with Gasteiger partial charge in [-0.25, -0.2) is 4.79 Å². The van der Waals surface area contributed by atoms with Gasteiger partial charge in [0.1, 0.15) is 23.6 Å². The van der Waals surface area contributed by atoms with E-state index < -0.39 is 48.1 Å². The normalized spacial score (nSPS) is 30.9. The highest BCUT2D eigenvalue weighted by atomic mass is 16.7. The van der Waals surface area contributed by atoms with Crippen LogP contribution in [0.25, 0.3) is 0 Å². The lowest BCUT2D eigenvalue weighted by atomic mass is 9.73. The molecule has 1 aliphatic heterocycles. The van der Waals surface area contributed by atoms with E-state index in [1.807, 2.05) is 12.2 Å². The number of aliphatic hydroxyl groups excluding tert-OH is 1. The van der Waals surface area contributed by atoms with E-state index >= 15 is 0 Å².